The molecule has 0 radical (unpaired) electrons. The molecular formula is C13H18O2. The summed E-state index contributed by atoms with van der Waals surface area (Å²) in [6.45, 7) is 5.72. The van der Waals surface area contributed by atoms with Crippen LogP contribution in [-0.4, -0.2) is 11.1 Å². The van der Waals surface area contributed by atoms with Gasteiger partial charge in [0.25, 0.3) is 0 Å². The van der Waals surface area contributed by atoms with Crippen molar-refractivity contribution in [2.24, 2.45) is 11.3 Å². The van der Waals surface area contributed by atoms with E-state index in [1.807, 2.05) is 51.1 Å². The van der Waals surface area contributed by atoms with Crippen molar-refractivity contribution in [1.82, 2.24) is 0 Å². The van der Waals surface area contributed by atoms with Gasteiger partial charge in [-0.3, -0.25) is 4.79 Å². The lowest BCUT2D eigenvalue weighted by Gasteiger charge is -2.29. The third-order valence-corrected chi connectivity index (χ3v) is 3.18. The zero-order chi connectivity index (χ0) is 11.5. The largest absolute Gasteiger partial charge is 0.481 e. The SMILES string of the molecule is CC(C)[C@@](C)(Cc1ccccc1)C(=O)O. The van der Waals surface area contributed by atoms with Gasteiger partial charge < -0.3 is 5.11 Å². The molecule has 2 nitrogen and oxygen atoms in total. The molecule has 1 atom stereocenters. The van der Waals surface area contributed by atoms with Crippen molar-refractivity contribution in [3.8, 4) is 0 Å². The van der Waals surface area contributed by atoms with Crippen molar-refractivity contribution in [2.75, 3.05) is 0 Å². The van der Waals surface area contributed by atoms with Gasteiger partial charge in [0.05, 0.1) is 5.41 Å². The highest BCUT2D eigenvalue weighted by Gasteiger charge is 2.36. The quantitative estimate of drug-likeness (QED) is 0.822. The lowest BCUT2D eigenvalue weighted by atomic mass is 9.74. The molecule has 0 saturated heterocycles. The van der Waals surface area contributed by atoms with E-state index in [1.165, 1.54) is 0 Å². The van der Waals surface area contributed by atoms with Gasteiger partial charge in [0.2, 0.25) is 0 Å². The van der Waals surface area contributed by atoms with Gasteiger partial charge in [-0.1, -0.05) is 44.2 Å². The van der Waals surface area contributed by atoms with Crippen LogP contribution in [0.5, 0.6) is 0 Å². The van der Waals surface area contributed by atoms with Gasteiger partial charge in [0, 0.05) is 0 Å². The van der Waals surface area contributed by atoms with E-state index in [0.29, 0.717) is 6.42 Å². The number of carboxylic acid groups (broad SMARTS) is 1. The smallest absolute Gasteiger partial charge is 0.309 e. The molecule has 0 aliphatic rings. The minimum Gasteiger partial charge on any atom is -0.481 e. The normalized spacial score (nSPS) is 14.9. The Balaban J connectivity index is 2.90. The van der Waals surface area contributed by atoms with Crippen molar-refractivity contribution in [3.63, 3.8) is 0 Å². The zero-order valence-corrected chi connectivity index (χ0v) is 9.53. The summed E-state index contributed by atoms with van der Waals surface area (Å²) < 4.78 is 0. The first-order valence-corrected chi connectivity index (χ1v) is 5.24. The molecule has 1 rings (SSSR count). The van der Waals surface area contributed by atoms with Crippen LogP contribution in [0.15, 0.2) is 30.3 Å². The molecule has 1 aromatic carbocycles. The van der Waals surface area contributed by atoms with Crippen molar-refractivity contribution in [3.05, 3.63) is 35.9 Å². The molecule has 0 saturated carbocycles. The molecule has 1 aromatic rings. The average Bonchev–Trinajstić information content (AvgIpc) is 2.18. The minimum absolute atomic E-state index is 0.121. The second-order valence-corrected chi connectivity index (χ2v) is 4.54. The van der Waals surface area contributed by atoms with Gasteiger partial charge in [0.15, 0.2) is 0 Å². The Labute approximate surface area is 90.9 Å². The summed E-state index contributed by atoms with van der Waals surface area (Å²) >= 11 is 0. The standard InChI is InChI=1S/C13H18O2/c1-10(2)13(3,12(14)15)9-11-7-5-4-6-8-11/h4-8,10H,9H2,1-3H3,(H,14,15)/t13-/m1/s1. The number of carbonyl (C=O) groups is 1. The number of aliphatic carboxylic acids is 1. The first-order chi connectivity index (χ1) is 6.97. The summed E-state index contributed by atoms with van der Waals surface area (Å²) in [7, 11) is 0. The highest BCUT2D eigenvalue weighted by atomic mass is 16.4. The second kappa shape index (κ2) is 4.47. The van der Waals surface area contributed by atoms with Crippen LogP contribution in [0.25, 0.3) is 0 Å². The highest BCUT2D eigenvalue weighted by Crippen LogP contribution is 2.31. The minimum atomic E-state index is -0.721. The topological polar surface area (TPSA) is 37.3 Å². The van der Waals surface area contributed by atoms with E-state index in [0.717, 1.165) is 5.56 Å². The number of hydrogen-bond donors (Lipinski definition) is 1. The van der Waals surface area contributed by atoms with Crippen LogP contribution in [-0.2, 0) is 11.2 Å². The molecule has 0 aliphatic heterocycles. The fourth-order valence-electron chi connectivity index (χ4n) is 1.55. The molecule has 0 aromatic heterocycles. The maximum atomic E-state index is 11.3. The number of rotatable bonds is 4. The molecule has 1 N–H and O–H groups in total. The second-order valence-electron chi connectivity index (χ2n) is 4.54. The van der Waals surface area contributed by atoms with Gasteiger partial charge in [-0.2, -0.15) is 0 Å². The molecule has 0 bridgehead atoms. The summed E-state index contributed by atoms with van der Waals surface area (Å²) in [5.74, 6) is -0.600. The van der Waals surface area contributed by atoms with Crippen LogP contribution >= 0.6 is 0 Å². The highest BCUT2D eigenvalue weighted by molar-refractivity contribution is 5.74. The molecule has 15 heavy (non-hydrogen) atoms. The molecule has 0 heterocycles. The van der Waals surface area contributed by atoms with Gasteiger partial charge in [-0.05, 0) is 24.8 Å². The predicted molar refractivity (Wildman–Crippen MR) is 60.7 cm³/mol. The van der Waals surface area contributed by atoms with E-state index in [2.05, 4.69) is 0 Å². The van der Waals surface area contributed by atoms with Crippen molar-refractivity contribution >= 4 is 5.97 Å². The Kier molecular flexibility index (Phi) is 3.51. The number of carboxylic acids is 1. The summed E-state index contributed by atoms with van der Waals surface area (Å²) in [5.41, 5.74) is 0.401. The molecule has 2 heteroatoms. The molecule has 0 unspecified atom stereocenters. The first-order valence-electron chi connectivity index (χ1n) is 5.24. The Morgan fingerprint density at radius 2 is 1.87 bits per heavy atom. The average molecular weight is 206 g/mol. The molecule has 0 aliphatic carbocycles. The van der Waals surface area contributed by atoms with Gasteiger partial charge in [-0.25, -0.2) is 0 Å². The summed E-state index contributed by atoms with van der Waals surface area (Å²) in [4.78, 5) is 11.3. The van der Waals surface area contributed by atoms with Crippen LogP contribution in [0, 0.1) is 11.3 Å². The van der Waals surface area contributed by atoms with Crippen molar-refractivity contribution in [1.29, 1.82) is 0 Å². The Morgan fingerprint density at radius 1 is 1.33 bits per heavy atom. The molecule has 0 fully saturated rings. The zero-order valence-electron chi connectivity index (χ0n) is 9.53. The van der Waals surface area contributed by atoms with E-state index in [-0.39, 0.29) is 5.92 Å². The lowest BCUT2D eigenvalue weighted by Crippen LogP contribution is -2.35. The van der Waals surface area contributed by atoms with Crippen LogP contribution in [0.2, 0.25) is 0 Å². The lowest BCUT2D eigenvalue weighted by molar-refractivity contribution is -0.150. The van der Waals surface area contributed by atoms with Crippen LogP contribution < -0.4 is 0 Å². The van der Waals surface area contributed by atoms with Crippen LogP contribution in [0.1, 0.15) is 26.3 Å². The third kappa shape index (κ3) is 2.58. The molecular weight excluding hydrogens is 188 g/mol. The Morgan fingerprint density at radius 3 is 2.27 bits per heavy atom. The van der Waals surface area contributed by atoms with Crippen molar-refractivity contribution in [2.45, 2.75) is 27.2 Å². The maximum Gasteiger partial charge on any atom is 0.309 e. The van der Waals surface area contributed by atoms with Gasteiger partial charge in [-0.15, -0.1) is 0 Å². The Hall–Kier alpha value is -1.31. The van der Waals surface area contributed by atoms with Gasteiger partial charge in [0.1, 0.15) is 0 Å². The molecule has 0 spiro atoms. The van der Waals surface area contributed by atoms with E-state index in [1.54, 1.807) is 0 Å². The molecule has 82 valence electrons. The molecule has 0 amide bonds. The Bertz CT molecular complexity index is 330. The van der Waals surface area contributed by atoms with E-state index >= 15 is 0 Å². The summed E-state index contributed by atoms with van der Waals surface area (Å²) in [6, 6.07) is 9.78. The van der Waals surface area contributed by atoms with E-state index in [4.69, 9.17) is 0 Å². The van der Waals surface area contributed by atoms with Crippen molar-refractivity contribution < 1.29 is 9.90 Å². The first kappa shape index (κ1) is 11.8. The fourth-order valence-corrected chi connectivity index (χ4v) is 1.55. The summed E-state index contributed by atoms with van der Waals surface area (Å²) in [5, 5.41) is 9.26. The van der Waals surface area contributed by atoms with Gasteiger partial charge >= 0.3 is 5.97 Å². The number of benzene rings is 1. The van der Waals surface area contributed by atoms with Crippen LogP contribution in [0.4, 0.5) is 0 Å². The number of hydrogen-bond acceptors (Lipinski definition) is 1. The summed E-state index contributed by atoms with van der Waals surface area (Å²) in [6.07, 6.45) is 0.584. The third-order valence-electron chi connectivity index (χ3n) is 3.18. The maximum absolute atomic E-state index is 11.3. The van der Waals surface area contributed by atoms with E-state index in [9.17, 15) is 9.90 Å². The predicted octanol–water partition coefficient (Wildman–Crippen LogP) is 2.98. The monoisotopic (exact) mass is 206 g/mol. The van der Waals surface area contributed by atoms with E-state index < -0.39 is 11.4 Å². The fraction of sp³-hybridized carbons (Fsp3) is 0.462. The van der Waals surface area contributed by atoms with Crippen LogP contribution in [0.3, 0.4) is 0 Å².